The Morgan fingerprint density at radius 2 is 1.86 bits per heavy atom. The van der Waals surface area contributed by atoms with Gasteiger partial charge in [-0.2, -0.15) is 0 Å². The molecule has 0 aliphatic carbocycles. The second-order valence-corrected chi connectivity index (χ2v) is 4.71. The topological polar surface area (TPSA) is 75.6 Å². The summed E-state index contributed by atoms with van der Waals surface area (Å²) in [5.74, 6) is -1.07. The van der Waals surface area contributed by atoms with E-state index in [-0.39, 0.29) is 17.2 Å². The van der Waals surface area contributed by atoms with Crippen LogP contribution in [0.3, 0.4) is 0 Å². The van der Waals surface area contributed by atoms with Gasteiger partial charge in [-0.1, -0.05) is 31.2 Å². The third-order valence-electron chi connectivity index (χ3n) is 3.04. The molecule has 2 aromatic carbocycles. The zero-order valence-electron chi connectivity index (χ0n) is 12.2. The molecule has 0 aliphatic heterocycles. The Balaban J connectivity index is 2.02. The second-order valence-electron chi connectivity index (χ2n) is 4.71. The van der Waals surface area contributed by atoms with E-state index in [4.69, 9.17) is 4.74 Å². The van der Waals surface area contributed by atoms with Gasteiger partial charge in [-0.3, -0.25) is 4.79 Å². The zero-order valence-corrected chi connectivity index (χ0v) is 12.2. The van der Waals surface area contributed by atoms with Crippen LogP contribution in [-0.4, -0.2) is 23.1 Å². The molecule has 0 saturated heterocycles. The summed E-state index contributed by atoms with van der Waals surface area (Å²) in [6.07, 6.45) is -0.543. The summed E-state index contributed by atoms with van der Waals surface area (Å²) in [5, 5.41) is 12.1. The molecule has 1 atom stereocenters. The molecule has 22 heavy (non-hydrogen) atoms. The van der Waals surface area contributed by atoms with Gasteiger partial charge in [-0.25, -0.2) is 4.79 Å². The molecule has 0 fully saturated rings. The molecule has 1 amide bonds. The summed E-state index contributed by atoms with van der Waals surface area (Å²) in [6.45, 7) is 1.75. The maximum absolute atomic E-state index is 12.1. The molecule has 5 nitrogen and oxygen atoms in total. The van der Waals surface area contributed by atoms with Gasteiger partial charge in [-0.15, -0.1) is 0 Å². The fourth-order valence-corrected chi connectivity index (χ4v) is 1.90. The van der Waals surface area contributed by atoms with Gasteiger partial charge in [0.15, 0.2) is 6.10 Å². The number of ether oxygens (including phenoxy) is 1. The SMILES string of the molecule is CCC(OC(=O)c1cccc(O)c1)C(=O)Nc1ccccc1. The van der Waals surface area contributed by atoms with Gasteiger partial charge in [0.25, 0.3) is 5.91 Å². The van der Waals surface area contributed by atoms with Crippen molar-refractivity contribution < 1.29 is 19.4 Å². The number of benzene rings is 2. The van der Waals surface area contributed by atoms with E-state index in [0.29, 0.717) is 12.1 Å². The number of hydrogen-bond acceptors (Lipinski definition) is 4. The Bertz CT molecular complexity index is 655. The van der Waals surface area contributed by atoms with Gasteiger partial charge in [0.1, 0.15) is 5.75 Å². The van der Waals surface area contributed by atoms with Crippen molar-refractivity contribution >= 4 is 17.6 Å². The molecule has 0 aromatic heterocycles. The highest BCUT2D eigenvalue weighted by Crippen LogP contribution is 2.14. The minimum absolute atomic E-state index is 0.0313. The third kappa shape index (κ3) is 4.09. The van der Waals surface area contributed by atoms with Crippen LogP contribution in [-0.2, 0) is 9.53 Å². The van der Waals surface area contributed by atoms with Crippen molar-refractivity contribution in [2.24, 2.45) is 0 Å². The fraction of sp³-hybridized carbons (Fsp3) is 0.176. The lowest BCUT2D eigenvalue weighted by Crippen LogP contribution is -2.32. The molecular formula is C17H17NO4. The molecule has 114 valence electrons. The minimum atomic E-state index is -0.893. The Kier molecular flexibility index (Phi) is 5.14. The quantitative estimate of drug-likeness (QED) is 0.832. The van der Waals surface area contributed by atoms with Gasteiger partial charge in [0, 0.05) is 5.69 Å². The first-order valence-corrected chi connectivity index (χ1v) is 6.96. The number of para-hydroxylation sites is 1. The average Bonchev–Trinajstić information content (AvgIpc) is 2.53. The van der Waals surface area contributed by atoms with E-state index < -0.39 is 12.1 Å². The van der Waals surface area contributed by atoms with E-state index in [0.717, 1.165) is 0 Å². The molecule has 0 radical (unpaired) electrons. The predicted molar refractivity (Wildman–Crippen MR) is 82.7 cm³/mol. The van der Waals surface area contributed by atoms with Crippen molar-refractivity contribution in [1.82, 2.24) is 0 Å². The van der Waals surface area contributed by atoms with Crippen LogP contribution in [0.4, 0.5) is 5.69 Å². The largest absolute Gasteiger partial charge is 0.508 e. The van der Waals surface area contributed by atoms with Crippen LogP contribution in [0.25, 0.3) is 0 Å². The first-order chi connectivity index (χ1) is 10.6. The van der Waals surface area contributed by atoms with E-state index in [1.54, 1.807) is 31.2 Å². The minimum Gasteiger partial charge on any atom is -0.508 e. The van der Waals surface area contributed by atoms with Crippen LogP contribution in [0.2, 0.25) is 0 Å². The van der Waals surface area contributed by atoms with Gasteiger partial charge < -0.3 is 15.2 Å². The predicted octanol–water partition coefficient (Wildman–Crippen LogP) is 2.97. The van der Waals surface area contributed by atoms with Crippen LogP contribution in [0.5, 0.6) is 5.75 Å². The normalized spacial score (nSPS) is 11.5. The van der Waals surface area contributed by atoms with E-state index in [2.05, 4.69) is 5.32 Å². The van der Waals surface area contributed by atoms with Crippen molar-refractivity contribution in [1.29, 1.82) is 0 Å². The number of aromatic hydroxyl groups is 1. The first-order valence-electron chi connectivity index (χ1n) is 6.96. The van der Waals surface area contributed by atoms with Gasteiger partial charge in [0.2, 0.25) is 0 Å². The van der Waals surface area contributed by atoms with Crippen molar-refractivity contribution in [3.05, 3.63) is 60.2 Å². The first kappa shape index (κ1) is 15.6. The number of amides is 1. The third-order valence-corrected chi connectivity index (χ3v) is 3.04. The number of nitrogens with one attached hydrogen (secondary N) is 1. The molecular weight excluding hydrogens is 282 g/mol. The molecule has 0 spiro atoms. The Labute approximate surface area is 128 Å². The molecule has 2 aromatic rings. The maximum atomic E-state index is 12.1. The van der Waals surface area contributed by atoms with E-state index in [9.17, 15) is 14.7 Å². The lowest BCUT2D eigenvalue weighted by molar-refractivity contribution is -0.124. The standard InChI is InChI=1S/C17H17NO4/c1-2-15(16(20)18-13-8-4-3-5-9-13)22-17(21)12-7-6-10-14(19)11-12/h3-11,15,19H,2H2,1H3,(H,18,20). The monoisotopic (exact) mass is 299 g/mol. The highest BCUT2D eigenvalue weighted by molar-refractivity contribution is 5.97. The number of esters is 1. The smallest absolute Gasteiger partial charge is 0.339 e. The molecule has 5 heteroatoms. The average molecular weight is 299 g/mol. The van der Waals surface area contributed by atoms with E-state index in [1.165, 1.54) is 24.3 Å². The van der Waals surface area contributed by atoms with Crippen molar-refractivity contribution in [2.75, 3.05) is 5.32 Å². The number of hydrogen-bond donors (Lipinski definition) is 2. The molecule has 0 bridgehead atoms. The van der Waals surface area contributed by atoms with Gasteiger partial charge in [0.05, 0.1) is 5.56 Å². The van der Waals surface area contributed by atoms with E-state index >= 15 is 0 Å². The summed E-state index contributed by atoms with van der Waals surface area (Å²) in [6, 6.07) is 14.8. The number of phenolic OH excluding ortho intramolecular Hbond substituents is 1. The highest BCUT2D eigenvalue weighted by Gasteiger charge is 2.22. The van der Waals surface area contributed by atoms with Crippen LogP contribution in [0.15, 0.2) is 54.6 Å². The Morgan fingerprint density at radius 1 is 1.14 bits per heavy atom. The summed E-state index contributed by atoms with van der Waals surface area (Å²) in [5.41, 5.74) is 0.838. The summed E-state index contributed by atoms with van der Waals surface area (Å²) >= 11 is 0. The number of carbonyl (C=O) groups excluding carboxylic acids is 2. The zero-order chi connectivity index (χ0) is 15.9. The van der Waals surface area contributed by atoms with Crippen molar-refractivity contribution in [3.63, 3.8) is 0 Å². The lowest BCUT2D eigenvalue weighted by atomic mass is 10.2. The van der Waals surface area contributed by atoms with Gasteiger partial charge in [-0.05, 0) is 36.8 Å². The van der Waals surface area contributed by atoms with Crippen molar-refractivity contribution in [3.8, 4) is 5.75 Å². The lowest BCUT2D eigenvalue weighted by Gasteiger charge is -2.16. The van der Waals surface area contributed by atoms with Crippen LogP contribution in [0.1, 0.15) is 23.7 Å². The molecule has 1 unspecified atom stereocenters. The summed E-state index contributed by atoms with van der Waals surface area (Å²) in [4.78, 5) is 24.1. The Hall–Kier alpha value is -2.82. The fourth-order valence-electron chi connectivity index (χ4n) is 1.90. The molecule has 0 heterocycles. The van der Waals surface area contributed by atoms with E-state index in [1.807, 2.05) is 6.07 Å². The molecule has 0 saturated carbocycles. The highest BCUT2D eigenvalue weighted by atomic mass is 16.5. The summed E-state index contributed by atoms with van der Waals surface area (Å²) < 4.78 is 5.21. The molecule has 2 N–H and O–H groups in total. The number of phenols is 1. The Morgan fingerprint density at radius 3 is 2.50 bits per heavy atom. The molecule has 0 aliphatic rings. The molecule has 2 rings (SSSR count). The van der Waals surface area contributed by atoms with Crippen LogP contribution >= 0.6 is 0 Å². The van der Waals surface area contributed by atoms with Crippen LogP contribution in [0, 0.1) is 0 Å². The van der Waals surface area contributed by atoms with Gasteiger partial charge >= 0.3 is 5.97 Å². The number of anilines is 1. The number of carbonyl (C=O) groups is 2. The number of rotatable bonds is 5. The van der Waals surface area contributed by atoms with Crippen molar-refractivity contribution in [2.45, 2.75) is 19.4 Å². The summed E-state index contributed by atoms with van der Waals surface area (Å²) in [7, 11) is 0. The maximum Gasteiger partial charge on any atom is 0.339 e. The second kappa shape index (κ2) is 7.26. The van der Waals surface area contributed by atoms with Crippen LogP contribution < -0.4 is 5.32 Å².